The van der Waals surface area contributed by atoms with Crippen LogP contribution < -0.4 is 0 Å². The van der Waals surface area contributed by atoms with Gasteiger partial charge in [0.05, 0.1) is 14.8 Å². The molecule has 0 amide bonds. The van der Waals surface area contributed by atoms with E-state index < -0.39 is 43.4 Å². The van der Waals surface area contributed by atoms with Crippen LogP contribution in [0.5, 0.6) is 0 Å². The predicted octanol–water partition coefficient (Wildman–Crippen LogP) is 2.78. The van der Waals surface area contributed by atoms with E-state index in [9.17, 15) is 40.2 Å². The van der Waals surface area contributed by atoms with E-state index in [2.05, 4.69) is 0 Å². The number of benzene rings is 2. The van der Waals surface area contributed by atoms with Crippen LogP contribution in [0.4, 0.5) is 17.1 Å². The summed E-state index contributed by atoms with van der Waals surface area (Å²) in [6, 6.07) is 7.96. The molecule has 0 aliphatic rings. The summed E-state index contributed by atoms with van der Waals surface area (Å²) < 4.78 is 0. The largest absolute Gasteiger partial charge is 0.477 e. The van der Waals surface area contributed by atoms with Crippen molar-refractivity contribution in [3.8, 4) is 11.1 Å². The average Bonchev–Trinajstić information content (AvgIpc) is 2.53. The van der Waals surface area contributed by atoms with Crippen LogP contribution >= 0.6 is 0 Å². The number of carbonyl (C=O) groups is 1. The Balaban J connectivity index is 3.06. The Labute approximate surface area is 132 Å². The molecular weight excluding hydrogens is 326 g/mol. The number of hydrogen-bond donors (Lipinski definition) is 1. The van der Waals surface area contributed by atoms with Gasteiger partial charge in [-0.15, -0.1) is 0 Å². The Morgan fingerprint density at radius 3 is 1.83 bits per heavy atom. The zero-order valence-corrected chi connectivity index (χ0v) is 11.6. The molecule has 0 atom stereocenters. The number of aromatic carboxylic acids is 1. The van der Waals surface area contributed by atoms with Crippen molar-refractivity contribution in [2.24, 2.45) is 0 Å². The van der Waals surface area contributed by atoms with Gasteiger partial charge in [-0.05, 0) is 5.56 Å². The summed E-state index contributed by atoms with van der Waals surface area (Å²) in [5, 5.41) is 42.7. The van der Waals surface area contributed by atoms with Crippen LogP contribution in [0, 0.1) is 30.3 Å². The minimum Gasteiger partial charge on any atom is -0.477 e. The molecular formula is C13H7N3O8. The maximum atomic E-state index is 11.5. The highest BCUT2D eigenvalue weighted by atomic mass is 16.6. The summed E-state index contributed by atoms with van der Waals surface area (Å²) in [6.45, 7) is 0. The number of carboxylic acids is 1. The molecule has 122 valence electrons. The lowest BCUT2D eigenvalue weighted by atomic mass is 9.96. The molecule has 0 bridgehead atoms. The summed E-state index contributed by atoms with van der Waals surface area (Å²) in [5.41, 5.74) is -5.26. The molecule has 2 aromatic rings. The normalized spacial score (nSPS) is 10.2. The Morgan fingerprint density at radius 1 is 0.875 bits per heavy atom. The van der Waals surface area contributed by atoms with E-state index in [4.69, 9.17) is 0 Å². The van der Waals surface area contributed by atoms with Crippen molar-refractivity contribution in [1.29, 1.82) is 0 Å². The molecule has 0 saturated heterocycles. The molecule has 2 rings (SSSR count). The minimum absolute atomic E-state index is 0.135. The molecule has 0 saturated carbocycles. The third kappa shape index (κ3) is 2.72. The fraction of sp³-hybridized carbons (Fsp3) is 0. The first-order valence-corrected chi connectivity index (χ1v) is 6.18. The highest BCUT2D eigenvalue weighted by molar-refractivity contribution is 6.03. The summed E-state index contributed by atoms with van der Waals surface area (Å²) in [7, 11) is 0. The topological polar surface area (TPSA) is 167 Å². The van der Waals surface area contributed by atoms with Crippen LogP contribution in [-0.4, -0.2) is 25.8 Å². The SMILES string of the molecule is O=C(O)c1c(-c2ccccc2)cc([N+](=O)[O-])c([N+](=O)[O-])c1[N+](=O)[O-]. The van der Waals surface area contributed by atoms with Crippen molar-refractivity contribution in [3.05, 3.63) is 72.3 Å². The van der Waals surface area contributed by atoms with Gasteiger partial charge in [-0.3, -0.25) is 30.3 Å². The van der Waals surface area contributed by atoms with Gasteiger partial charge in [0.15, 0.2) is 5.56 Å². The Kier molecular flexibility index (Phi) is 4.17. The zero-order valence-electron chi connectivity index (χ0n) is 11.6. The van der Waals surface area contributed by atoms with Crippen LogP contribution in [0.1, 0.15) is 10.4 Å². The van der Waals surface area contributed by atoms with E-state index in [1.54, 1.807) is 6.07 Å². The Morgan fingerprint density at radius 2 is 1.42 bits per heavy atom. The standard InChI is InChI=1S/C13H7N3O8/c17-13(18)10-8(7-4-2-1-3-5-7)6-9(14(19)20)11(15(21)22)12(10)16(23)24/h1-6H,(H,17,18). The first-order valence-electron chi connectivity index (χ1n) is 6.18. The minimum atomic E-state index is -1.81. The van der Waals surface area contributed by atoms with Crippen LogP contribution in [0.3, 0.4) is 0 Å². The van der Waals surface area contributed by atoms with Gasteiger partial charge >= 0.3 is 23.0 Å². The number of nitro benzene ring substituents is 3. The molecule has 24 heavy (non-hydrogen) atoms. The molecule has 0 aliphatic heterocycles. The second kappa shape index (κ2) is 6.08. The quantitative estimate of drug-likeness (QED) is 0.643. The zero-order chi connectivity index (χ0) is 18.0. The average molecular weight is 333 g/mol. The fourth-order valence-corrected chi connectivity index (χ4v) is 2.20. The van der Waals surface area contributed by atoms with Gasteiger partial charge in [-0.25, -0.2) is 4.79 Å². The van der Waals surface area contributed by atoms with Gasteiger partial charge in [0.1, 0.15) is 0 Å². The molecule has 11 heteroatoms. The molecule has 0 radical (unpaired) electrons. The van der Waals surface area contributed by atoms with Crippen molar-refractivity contribution >= 4 is 23.0 Å². The van der Waals surface area contributed by atoms with E-state index in [0.717, 1.165) is 0 Å². The third-order valence-electron chi connectivity index (χ3n) is 3.11. The van der Waals surface area contributed by atoms with Gasteiger partial charge in [-0.1, -0.05) is 30.3 Å². The van der Waals surface area contributed by atoms with Gasteiger partial charge < -0.3 is 5.11 Å². The van der Waals surface area contributed by atoms with E-state index in [-0.39, 0.29) is 11.1 Å². The molecule has 1 N–H and O–H groups in total. The summed E-state index contributed by atoms with van der Waals surface area (Å²) in [6.07, 6.45) is 0. The van der Waals surface area contributed by atoms with Crippen LogP contribution in [0.2, 0.25) is 0 Å². The molecule has 11 nitrogen and oxygen atoms in total. The number of rotatable bonds is 5. The molecule has 0 spiro atoms. The van der Waals surface area contributed by atoms with Crippen LogP contribution in [0.25, 0.3) is 11.1 Å². The highest BCUT2D eigenvalue weighted by Crippen LogP contribution is 2.44. The predicted molar refractivity (Wildman–Crippen MR) is 78.8 cm³/mol. The van der Waals surface area contributed by atoms with Crippen molar-refractivity contribution in [2.75, 3.05) is 0 Å². The van der Waals surface area contributed by atoms with Gasteiger partial charge in [0, 0.05) is 11.6 Å². The Bertz CT molecular complexity index is 879. The van der Waals surface area contributed by atoms with Crippen molar-refractivity contribution in [3.63, 3.8) is 0 Å². The Hall–Kier alpha value is -3.89. The van der Waals surface area contributed by atoms with Gasteiger partial charge in [-0.2, -0.15) is 0 Å². The maximum Gasteiger partial charge on any atom is 0.423 e. The monoisotopic (exact) mass is 333 g/mol. The first-order chi connectivity index (χ1) is 11.3. The highest BCUT2D eigenvalue weighted by Gasteiger charge is 2.43. The fourth-order valence-electron chi connectivity index (χ4n) is 2.20. The van der Waals surface area contributed by atoms with Crippen molar-refractivity contribution in [1.82, 2.24) is 0 Å². The van der Waals surface area contributed by atoms with E-state index >= 15 is 0 Å². The summed E-state index contributed by atoms with van der Waals surface area (Å²) in [4.78, 5) is 41.1. The van der Waals surface area contributed by atoms with Gasteiger partial charge in [0.2, 0.25) is 0 Å². The van der Waals surface area contributed by atoms with Gasteiger partial charge in [0.25, 0.3) is 0 Å². The molecule has 0 aromatic heterocycles. The van der Waals surface area contributed by atoms with E-state index in [1.807, 2.05) is 0 Å². The summed E-state index contributed by atoms with van der Waals surface area (Å²) >= 11 is 0. The number of hydrogen-bond acceptors (Lipinski definition) is 7. The number of nitrogens with zero attached hydrogens (tertiary/aromatic N) is 3. The number of nitro groups is 3. The summed E-state index contributed by atoms with van der Waals surface area (Å²) in [5.74, 6) is -1.81. The van der Waals surface area contributed by atoms with Crippen molar-refractivity contribution < 1.29 is 24.7 Å². The molecule has 0 fully saturated rings. The van der Waals surface area contributed by atoms with E-state index in [0.29, 0.717) is 6.07 Å². The molecule has 0 heterocycles. The second-order valence-corrected chi connectivity index (χ2v) is 4.46. The number of carboxylic acid groups (broad SMARTS) is 1. The lowest BCUT2D eigenvalue weighted by Crippen LogP contribution is -2.10. The second-order valence-electron chi connectivity index (χ2n) is 4.46. The molecule has 0 aliphatic carbocycles. The van der Waals surface area contributed by atoms with E-state index in [1.165, 1.54) is 24.3 Å². The third-order valence-corrected chi connectivity index (χ3v) is 3.11. The maximum absolute atomic E-state index is 11.5. The lowest BCUT2D eigenvalue weighted by molar-refractivity contribution is -0.441. The van der Waals surface area contributed by atoms with Crippen LogP contribution in [0.15, 0.2) is 36.4 Å². The molecule has 0 unspecified atom stereocenters. The lowest BCUT2D eigenvalue weighted by Gasteiger charge is -2.08. The first kappa shape index (κ1) is 16.5. The van der Waals surface area contributed by atoms with Crippen LogP contribution in [-0.2, 0) is 0 Å². The van der Waals surface area contributed by atoms with Crippen molar-refractivity contribution in [2.45, 2.75) is 0 Å². The molecule has 2 aromatic carbocycles. The smallest absolute Gasteiger partial charge is 0.423 e.